The predicted octanol–water partition coefficient (Wildman–Crippen LogP) is 3.80. The van der Waals surface area contributed by atoms with Crippen LogP contribution in [0.15, 0.2) is 28.7 Å². The van der Waals surface area contributed by atoms with Crippen molar-refractivity contribution in [3.8, 4) is 5.88 Å². The number of ether oxygens (including phenoxy) is 1. The molecule has 24 heavy (non-hydrogen) atoms. The maximum absolute atomic E-state index is 6.07. The number of hydrogen-bond acceptors (Lipinski definition) is 4. The quantitative estimate of drug-likeness (QED) is 0.745. The standard InChI is InChI=1S/C19H24BrN3O/c1-2-17-16(8-10-21)19(23-18(22-17)14-6-7-14)24-11-9-13-4-3-5-15(20)12-13/h3-5,12,14H,2,6-11,21H2,1H3. The number of nitrogens with zero attached hydrogens (tertiary/aromatic N) is 2. The number of rotatable bonds is 8. The number of nitrogens with two attached hydrogens (primary N) is 1. The number of halogens is 1. The van der Waals surface area contributed by atoms with Crippen molar-refractivity contribution in [2.75, 3.05) is 13.2 Å². The lowest BCUT2D eigenvalue weighted by atomic mass is 10.1. The van der Waals surface area contributed by atoms with Crippen LogP contribution in [0.2, 0.25) is 0 Å². The largest absolute Gasteiger partial charge is 0.477 e. The lowest BCUT2D eigenvalue weighted by Crippen LogP contribution is -2.14. The van der Waals surface area contributed by atoms with Crippen LogP contribution in [0.3, 0.4) is 0 Å². The fourth-order valence-electron chi connectivity index (χ4n) is 2.82. The Kier molecular flexibility index (Phi) is 5.85. The van der Waals surface area contributed by atoms with Crippen LogP contribution in [0, 0.1) is 0 Å². The number of hydrogen-bond donors (Lipinski definition) is 1. The molecule has 0 amide bonds. The highest BCUT2D eigenvalue weighted by Crippen LogP contribution is 2.39. The molecule has 0 saturated heterocycles. The highest BCUT2D eigenvalue weighted by molar-refractivity contribution is 9.10. The van der Waals surface area contributed by atoms with Crippen LogP contribution in [0.25, 0.3) is 0 Å². The molecule has 4 nitrogen and oxygen atoms in total. The fourth-order valence-corrected chi connectivity index (χ4v) is 3.26. The zero-order valence-corrected chi connectivity index (χ0v) is 15.7. The average molecular weight is 390 g/mol. The molecule has 128 valence electrons. The van der Waals surface area contributed by atoms with Crippen LogP contribution in [0.1, 0.15) is 48.3 Å². The van der Waals surface area contributed by atoms with Gasteiger partial charge in [-0.15, -0.1) is 0 Å². The molecule has 2 N–H and O–H groups in total. The average Bonchev–Trinajstić information content (AvgIpc) is 3.41. The molecular weight excluding hydrogens is 366 g/mol. The Morgan fingerprint density at radius 3 is 2.75 bits per heavy atom. The second-order valence-electron chi connectivity index (χ2n) is 6.21. The summed E-state index contributed by atoms with van der Waals surface area (Å²) in [5, 5.41) is 0. The van der Waals surface area contributed by atoms with Gasteiger partial charge in [0, 0.05) is 22.4 Å². The number of benzene rings is 1. The van der Waals surface area contributed by atoms with Crippen LogP contribution in [0.4, 0.5) is 0 Å². The van der Waals surface area contributed by atoms with Gasteiger partial charge in [0.2, 0.25) is 5.88 Å². The normalized spacial score (nSPS) is 14.0. The van der Waals surface area contributed by atoms with E-state index in [1.165, 1.54) is 18.4 Å². The molecule has 1 aliphatic carbocycles. The molecule has 1 saturated carbocycles. The molecule has 0 unspecified atom stereocenters. The van der Waals surface area contributed by atoms with E-state index in [1.54, 1.807) is 0 Å². The maximum atomic E-state index is 6.07. The van der Waals surface area contributed by atoms with Crippen molar-refractivity contribution in [3.05, 3.63) is 51.4 Å². The van der Waals surface area contributed by atoms with Crippen LogP contribution >= 0.6 is 15.9 Å². The second kappa shape index (κ2) is 8.08. The minimum Gasteiger partial charge on any atom is -0.477 e. The first kappa shape index (κ1) is 17.4. The first-order valence-corrected chi connectivity index (χ1v) is 9.47. The third-order valence-corrected chi connectivity index (χ3v) is 4.76. The van der Waals surface area contributed by atoms with E-state index in [2.05, 4.69) is 35.0 Å². The van der Waals surface area contributed by atoms with Gasteiger partial charge in [0.1, 0.15) is 5.82 Å². The summed E-state index contributed by atoms with van der Waals surface area (Å²) >= 11 is 3.51. The van der Waals surface area contributed by atoms with Crippen molar-refractivity contribution in [2.45, 2.75) is 44.9 Å². The van der Waals surface area contributed by atoms with Crippen molar-refractivity contribution in [3.63, 3.8) is 0 Å². The molecule has 1 aliphatic rings. The molecule has 0 bridgehead atoms. The van der Waals surface area contributed by atoms with E-state index >= 15 is 0 Å². The third-order valence-electron chi connectivity index (χ3n) is 4.26. The van der Waals surface area contributed by atoms with Gasteiger partial charge in [-0.25, -0.2) is 4.98 Å². The predicted molar refractivity (Wildman–Crippen MR) is 99.5 cm³/mol. The van der Waals surface area contributed by atoms with Gasteiger partial charge >= 0.3 is 0 Å². The fraction of sp³-hybridized carbons (Fsp3) is 0.474. The smallest absolute Gasteiger partial charge is 0.220 e. The number of aromatic nitrogens is 2. The van der Waals surface area contributed by atoms with Gasteiger partial charge in [0.05, 0.1) is 12.3 Å². The minimum absolute atomic E-state index is 0.523. The van der Waals surface area contributed by atoms with E-state index in [4.69, 9.17) is 20.4 Å². The van der Waals surface area contributed by atoms with E-state index in [0.29, 0.717) is 19.1 Å². The zero-order valence-electron chi connectivity index (χ0n) is 14.1. The van der Waals surface area contributed by atoms with Gasteiger partial charge in [-0.1, -0.05) is 35.0 Å². The van der Waals surface area contributed by atoms with E-state index in [0.717, 1.165) is 46.7 Å². The highest BCUT2D eigenvalue weighted by Gasteiger charge is 2.28. The summed E-state index contributed by atoms with van der Waals surface area (Å²) in [7, 11) is 0. The van der Waals surface area contributed by atoms with E-state index in [-0.39, 0.29) is 0 Å². The van der Waals surface area contributed by atoms with E-state index in [9.17, 15) is 0 Å². The summed E-state index contributed by atoms with van der Waals surface area (Å²) in [5.74, 6) is 2.21. The Morgan fingerprint density at radius 1 is 1.25 bits per heavy atom. The third kappa shape index (κ3) is 4.33. The van der Waals surface area contributed by atoms with Crippen LogP contribution in [-0.2, 0) is 19.3 Å². The van der Waals surface area contributed by atoms with Crippen molar-refractivity contribution in [1.29, 1.82) is 0 Å². The second-order valence-corrected chi connectivity index (χ2v) is 7.12. The highest BCUT2D eigenvalue weighted by atomic mass is 79.9. The topological polar surface area (TPSA) is 61.0 Å². The van der Waals surface area contributed by atoms with Crippen molar-refractivity contribution >= 4 is 15.9 Å². The first-order valence-electron chi connectivity index (χ1n) is 8.68. The lowest BCUT2D eigenvalue weighted by molar-refractivity contribution is 0.303. The Morgan fingerprint density at radius 2 is 2.08 bits per heavy atom. The van der Waals surface area contributed by atoms with E-state index < -0.39 is 0 Å². The summed E-state index contributed by atoms with van der Waals surface area (Å²) in [6.07, 6.45) is 4.89. The van der Waals surface area contributed by atoms with Gasteiger partial charge in [-0.05, 0) is 49.9 Å². The van der Waals surface area contributed by atoms with E-state index in [1.807, 2.05) is 12.1 Å². The van der Waals surface area contributed by atoms with Crippen molar-refractivity contribution in [2.24, 2.45) is 5.73 Å². The van der Waals surface area contributed by atoms with Gasteiger partial charge in [0.15, 0.2) is 0 Å². The lowest BCUT2D eigenvalue weighted by Gasteiger charge is -2.15. The maximum Gasteiger partial charge on any atom is 0.220 e. The van der Waals surface area contributed by atoms with Crippen LogP contribution in [0.5, 0.6) is 5.88 Å². The van der Waals surface area contributed by atoms with Gasteiger partial charge < -0.3 is 10.5 Å². The van der Waals surface area contributed by atoms with Crippen molar-refractivity contribution < 1.29 is 4.74 Å². The molecule has 0 atom stereocenters. The zero-order chi connectivity index (χ0) is 16.9. The summed E-state index contributed by atoms with van der Waals surface area (Å²) in [6, 6.07) is 8.31. The Balaban J connectivity index is 1.75. The number of aryl methyl sites for hydroxylation is 1. The van der Waals surface area contributed by atoms with Gasteiger partial charge in [0.25, 0.3) is 0 Å². The Labute approximate surface area is 152 Å². The molecule has 5 heteroatoms. The molecule has 0 radical (unpaired) electrons. The molecule has 2 aromatic rings. The van der Waals surface area contributed by atoms with Crippen LogP contribution in [-0.4, -0.2) is 23.1 Å². The van der Waals surface area contributed by atoms with Crippen LogP contribution < -0.4 is 10.5 Å². The van der Waals surface area contributed by atoms with Crippen molar-refractivity contribution in [1.82, 2.24) is 9.97 Å². The summed E-state index contributed by atoms with van der Waals surface area (Å²) in [4.78, 5) is 9.47. The summed E-state index contributed by atoms with van der Waals surface area (Å²) < 4.78 is 7.17. The van der Waals surface area contributed by atoms with Gasteiger partial charge in [-0.3, -0.25) is 0 Å². The minimum atomic E-state index is 0.523. The molecular formula is C19H24BrN3O. The summed E-state index contributed by atoms with van der Waals surface area (Å²) in [6.45, 7) is 3.32. The molecule has 1 aromatic carbocycles. The summed E-state index contributed by atoms with van der Waals surface area (Å²) in [5.41, 5.74) is 9.20. The molecule has 0 spiro atoms. The Bertz CT molecular complexity index is 701. The molecule has 3 rings (SSSR count). The molecule has 1 heterocycles. The van der Waals surface area contributed by atoms with Gasteiger partial charge in [-0.2, -0.15) is 4.98 Å². The Hall–Kier alpha value is -1.46. The molecule has 0 aliphatic heterocycles. The molecule has 1 aromatic heterocycles. The monoisotopic (exact) mass is 389 g/mol. The molecule has 1 fully saturated rings. The SMILES string of the molecule is CCc1nc(C2CC2)nc(OCCc2cccc(Br)c2)c1CCN. The first-order chi connectivity index (χ1) is 11.7.